The highest BCUT2D eigenvalue weighted by atomic mass is 14.9. The zero-order chi connectivity index (χ0) is 13.5. The monoisotopic (exact) mass is 248 g/mol. The van der Waals surface area contributed by atoms with Gasteiger partial charge in [0.25, 0.3) is 0 Å². The lowest BCUT2D eigenvalue weighted by molar-refractivity contribution is 0.334. The Labute approximate surface area is 112 Å². The summed E-state index contributed by atoms with van der Waals surface area (Å²) in [6.45, 7) is 12.1. The molecule has 1 aromatic rings. The van der Waals surface area contributed by atoms with Gasteiger partial charge >= 0.3 is 0 Å². The van der Waals surface area contributed by atoms with E-state index < -0.39 is 0 Å². The van der Waals surface area contributed by atoms with Crippen molar-refractivity contribution in [2.45, 2.75) is 59.9 Å². The first-order valence-electron chi connectivity index (χ1n) is 7.30. The van der Waals surface area contributed by atoms with Crippen LogP contribution in [-0.4, -0.2) is 11.5 Å². The fourth-order valence-corrected chi connectivity index (χ4v) is 2.60. The molecule has 1 heterocycles. The van der Waals surface area contributed by atoms with Gasteiger partial charge in [0.15, 0.2) is 0 Å². The Morgan fingerprint density at radius 3 is 2.33 bits per heavy atom. The average Bonchev–Trinajstić information content (AvgIpc) is 2.35. The zero-order valence-electron chi connectivity index (χ0n) is 12.6. The molecule has 0 aliphatic heterocycles. The van der Waals surface area contributed by atoms with Crippen LogP contribution in [0.25, 0.3) is 0 Å². The van der Waals surface area contributed by atoms with Gasteiger partial charge in [0.05, 0.1) is 11.7 Å². The fourth-order valence-electron chi connectivity index (χ4n) is 2.60. The summed E-state index contributed by atoms with van der Waals surface area (Å²) in [4.78, 5) is 4.69. The Morgan fingerprint density at radius 1 is 1.17 bits per heavy atom. The number of hydrogen-bond acceptors (Lipinski definition) is 2. The molecular weight excluding hydrogens is 220 g/mol. The van der Waals surface area contributed by atoms with Gasteiger partial charge in [-0.05, 0) is 43.9 Å². The van der Waals surface area contributed by atoms with Crippen molar-refractivity contribution < 1.29 is 0 Å². The quantitative estimate of drug-likeness (QED) is 0.783. The van der Waals surface area contributed by atoms with Gasteiger partial charge in [0, 0.05) is 6.20 Å². The van der Waals surface area contributed by atoms with Crippen molar-refractivity contribution in [3.63, 3.8) is 0 Å². The minimum atomic E-state index is 0.403. The maximum atomic E-state index is 4.69. The van der Waals surface area contributed by atoms with E-state index in [9.17, 15) is 0 Å². The molecule has 0 amide bonds. The molecule has 1 rings (SSSR count). The number of aromatic nitrogens is 1. The molecule has 0 spiro atoms. The Morgan fingerprint density at radius 2 is 1.83 bits per heavy atom. The number of pyridine rings is 1. The van der Waals surface area contributed by atoms with Crippen LogP contribution in [-0.2, 0) is 0 Å². The molecule has 2 nitrogen and oxygen atoms in total. The summed E-state index contributed by atoms with van der Waals surface area (Å²) in [7, 11) is 0. The first-order valence-corrected chi connectivity index (χ1v) is 7.30. The topological polar surface area (TPSA) is 24.9 Å². The van der Waals surface area contributed by atoms with E-state index in [1.165, 1.54) is 36.1 Å². The maximum Gasteiger partial charge on any atom is 0.0605 e. The van der Waals surface area contributed by atoms with Gasteiger partial charge in [-0.15, -0.1) is 0 Å². The number of nitrogens with zero attached hydrogens (tertiary/aromatic N) is 1. The molecular formula is C16H28N2. The van der Waals surface area contributed by atoms with Crippen LogP contribution in [0, 0.1) is 19.8 Å². The first-order chi connectivity index (χ1) is 8.63. The number of rotatable bonds is 7. The molecule has 0 fully saturated rings. The molecule has 1 aromatic heterocycles. The third kappa shape index (κ3) is 3.81. The van der Waals surface area contributed by atoms with Crippen molar-refractivity contribution in [2.24, 2.45) is 5.92 Å². The minimum absolute atomic E-state index is 0.403. The summed E-state index contributed by atoms with van der Waals surface area (Å²) in [5.74, 6) is 0.672. The maximum absolute atomic E-state index is 4.69. The van der Waals surface area contributed by atoms with E-state index in [2.05, 4.69) is 51.0 Å². The van der Waals surface area contributed by atoms with E-state index in [1.807, 2.05) is 6.20 Å². The predicted octanol–water partition coefficient (Wildman–Crippen LogP) is 4.18. The van der Waals surface area contributed by atoms with Gasteiger partial charge in [-0.25, -0.2) is 0 Å². The van der Waals surface area contributed by atoms with Gasteiger partial charge in [0.1, 0.15) is 0 Å². The minimum Gasteiger partial charge on any atom is -0.308 e. The average molecular weight is 248 g/mol. The van der Waals surface area contributed by atoms with E-state index in [0.717, 1.165) is 6.54 Å². The summed E-state index contributed by atoms with van der Waals surface area (Å²) in [6, 6.07) is 2.64. The van der Waals surface area contributed by atoms with Crippen LogP contribution >= 0.6 is 0 Å². The zero-order valence-corrected chi connectivity index (χ0v) is 12.6. The van der Waals surface area contributed by atoms with Crippen LogP contribution in [0.3, 0.4) is 0 Å². The van der Waals surface area contributed by atoms with Gasteiger partial charge in [-0.3, -0.25) is 4.98 Å². The number of hydrogen-bond donors (Lipinski definition) is 1. The third-order valence-electron chi connectivity index (χ3n) is 3.68. The lowest BCUT2D eigenvalue weighted by atomic mass is 9.89. The molecule has 2 heteroatoms. The van der Waals surface area contributed by atoms with Crippen LogP contribution in [0.2, 0.25) is 0 Å². The molecule has 0 aliphatic rings. The van der Waals surface area contributed by atoms with E-state index in [-0.39, 0.29) is 0 Å². The van der Waals surface area contributed by atoms with Crippen molar-refractivity contribution in [2.75, 3.05) is 6.54 Å². The van der Waals surface area contributed by atoms with E-state index >= 15 is 0 Å². The Bertz CT molecular complexity index is 356. The molecule has 0 bridgehead atoms. The summed E-state index contributed by atoms with van der Waals surface area (Å²) >= 11 is 0. The molecule has 1 N–H and O–H groups in total. The van der Waals surface area contributed by atoms with Crippen molar-refractivity contribution >= 4 is 0 Å². The van der Waals surface area contributed by atoms with Gasteiger partial charge in [-0.1, -0.05) is 39.7 Å². The summed E-state index contributed by atoms with van der Waals surface area (Å²) in [6.07, 6.45) is 5.56. The van der Waals surface area contributed by atoms with Crippen molar-refractivity contribution in [3.05, 3.63) is 29.1 Å². The molecule has 1 unspecified atom stereocenters. The molecule has 18 heavy (non-hydrogen) atoms. The molecule has 0 aromatic carbocycles. The molecule has 102 valence electrons. The third-order valence-corrected chi connectivity index (χ3v) is 3.68. The molecule has 1 atom stereocenters. The highest BCUT2D eigenvalue weighted by Crippen LogP contribution is 2.28. The van der Waals surface area contributed by atoms with Gasteiger partial charge in [-0.2, -0.15) is 0 Å². The molecule has 0 saturated carbocycles. The van der Waals surface area contributed by atoms with E-state index in [1.54, 1.807) is 0 Å². The van der Waals surface area contributed by atoms with Gasteiger partial charge in [0.2, 0.25) is 0 Å². The second-order valence-corrected chi connectivity index (χ2v) is 5.22. The normalized spacial score (nSPS) is 13.0. The van der Waals surface area contributed by atoms with E-state index in [0.29, 0.717) is 12.0 Å². The number of aryl methyl sites for hydroxylation is 2. The van der Waals surface area contributed by atoms with Crippen LogP contribution in [0.4, 0.5) is 0 Å². The molecule has 0 radical (unpaired) electrons. The SMILES string of the molecule is CCCNC(c1ncc(C)cc1C)C(CC)CC. The lowest BCUT2D eigenvalue weighted by Gasteiger charge is -2.27. The Balaban J connectivity index is 3.00. The molecule has 0 aliphatic carbocycles. The van der Waals surface area contributed by atoms with Crippen LogP contribution in [0.15, 0.2) is 12.3 Å². The Kier molecular flexibility index (Phi) is 6.34. The second kappa shape index (κ2) is 7.52. The first kappa shape index (κ1) is 15.2. The van der Waals surface area contributed by atoms with Crippen LogP contribution < -0.4 is 5.32 Å². The Hall–Kier alpha value is -0.890. The van der Waals surface area contributed by atoms with Crippen LogP contribution in [0.1, 0.15) is 62.9 Å². The predicted molar refractivity (Wildman–Crippen MR) is 78.8 cm³/mol. The highest BCUT2D eigenvalue weighted by Gasteiger charge is 2.22. The van der Waals surface area contributed by atoms with Crippen molar-refractivity contribution in [1.29, 1.82) is 0 Å². The van der Waals surface area contributed by atoms with Crippen molar-refractivity contribution in [1.82, 2.24) is 10.3 Å². The number of nitrogens with one attached hydrogen (secondary N) is 1. The largest absolute Gasteiger partial charge is 0.308 e. The molecule has 0 saturated heterocycles. The van der Waals surface area contributed by atoms with E-state index in [4.69, 9.17) is 0 Å². The lowest BCUT2D eigenvalue weighted by Crippen LogP contribution is -2.30. The summed E-state index contributed by atoms with van der Waals surface area (Å²) in [5.41, 5.74) is 3.80. The van der Waals surface area contributed by atoms with Crippen LogP contribution in [0.5, 0.6) is 0 Å². The van der Waals surface area contributed by atoms with Crippen molar-refractivity contribution in [3.8, 4) is 0 Å². The smallest absolute Gasteiger partial charge is 0.0605 e. The fraction of sp³-hybridized carbons (Fsp3) is 0.688. The summed E-state index contributed by atoms with van der Waals surface area (Å²) in [5, 5.41) is 3.69. The highest BCUT2D eigenvalue weighted by molar-refractivity contribution is 5.26. The second-order valence-electron chi connectivity index (χ2n) is 5.22. The standard InChI is InChI=1S/C16H28N2/c1-6-9-17-16(14(7-2)8-3)15-13(5)10-12(4)11-18-15/h10-11,14,16-17H,6-9H2,1-5H3. The summed E-state index contributed by atoms with van der Waals surface area (Å²) < 4.78 is 0. The van der Waals surface area contributed by atoms with Gasteiger partial charge < -0.3 is 5.32 Å².